The lowest BCUT2D eigenvalue weighted by atomic mass is 9.85. The van der Waals surface area contributed by atoms with Crippen molar-refractivity contribution in [3.8, 4) is 0 Å². The minimum atomic E-state index is -3.60. The van der Waals surface area contributed by atoms with E-state index in [0.29, 0.717) is 51.1 Å². The number of carbonyl (C=O) groups is 1. The number of benzene rings is 1. The van der Waals surface area contributed by atoms with Crippen molar-refractivity contribution >= 4 is 15.9 Å². The zero-order chi connectivity index (χ0) is 20.9. The van der Waals surface area contributed by atoms with Crippen molar-refractivity contribution in [3.63, 3.8) is 0 Å². The van der Waals surface area contributed by atoms with Crippen molar-refractivity contribution < 1.29 is 17.9 Å². The number of amides is 1. The van der Waals surface area contributed by atoms with Gasteiger partial charge in [-0.2, -0.15) is 9.40 Å². The Morgan fingerprint density at radius 1 is 1.24 bits per heavy atom. The van der Waals surface area contributed by atoms with Gasteiger partial charge in [0.15, 0.2) is 0 Å². The maximum absolute atomic E-state index is 12.9. The van der Waals surface area contributed by atoms with Gasteiger partial charge < -0.3 is 10.1 Å². The first-order chi connectivity index (χ1) is 13.9. The molecule has 1 saturated heterocycles. The molecule has 0 radical (unpaired) electrons. The highest BCUT2D eigenvalue weighted by atomic mass is 32.2. The summed E-state index contributed by atoms with van der Waals surface area (Å²) < 4.78 is 34.2. The topological polar surface area (TPSA) is 93.5 Å². The number of piperidine rings is 1. The van der Waals surface area contributed by atoms with Crippen molar-refractivity contribution in [2.45, 2.75) is 43.2 Å². The van der Waals surface area contributed by atoms with Gasteiger partial charge in [-0.05, 0) is 38.3 Å². The van der Waals surface area contributed by atoms with Crippen LogP contribution in [-0.4, -0.2) is 60.8 Å². The van der Waals surface area contributed by atoms with Crippen LogP contribution in [0.3, 0.4) is 0 Å². The summed E-state index contributed by atoms with van der Waals surface area (Å²) in [6.07, 6.45) is 4.62. The molecule has 1 amide bonds. The number of nitrogens with zero attached hydrogens (tertiary/aromatic N) is 3. The van der Waals surface area contributed by atoms with Gasteiger partial charge in [-0.25, -0.2) is 8.42 Å². The molecule has 1 aliphatic rings. The standard InChI is InChI=1S/C20H28N4O4S/c1-3-23-16-18(15-21-23)29(26,27)24-12-9-20(10-13-24,11-14-28-2)22-19(25)17-7-5-4-6-8-17/h4-8,15-16H,3,9-14H2,1-2H3,(H,22,25). The van der Waals surface area contributed by atoms with Gasteiger partial charge in [-0.15, -0.1) is 0 Å². The SMILES string of the molecule is CCn1cc(S(=O)(=O)N2CCC(CCOC)(NC(=O)c3ccccc3)CC2)cn1. The maximum Gasteiger partial charge on any atom is 0.251 e. The Hall–Kier alpha value is -2.23. The summed E-state index contributed by atoms with van der Waals surface area (Å²) in [7, 11) is -1.97. The van der Waals surface area contributed by atoms with E-state index in [-0.39, 0.29) is 10.8 Å². The molecule has 1 fully saturated rings. The molecule has 1 N–H and O–H groups in total. The molecule has 1 aromatic heterocycles. The van der Waals surface area contributed by atoms with Crippen molar-refractivity contribution in [3.05, 3.63) is 48.3 Å². The molecule has 3 rings (SSSR count). The Morgan fingerprint density at radius 2 is 1.93 bits per heavy atom. The third-order valence-electron chi connectivity index (χ3n) is 5.45. The average molecular weight is 421 g/mol. The number of carbonyl (C=O) groups excluding carboxylic acids is 1. The summed E-state index contributed by atoms with van der Waals surface area (Å²) >= 11 is 0. The lowest BCUT2D eigenvalue weighted by molar-refractivity contribution is 0.0783. The van der Waals surface area contributed by atoms with Crippen LogP contribution in [0.2, 0.25) is 0 Å². The van der Waals surface area contributed by atoms with Crippen LogP contribution in [0.4, 0.5) is 0 Å². The molecule has 158 valence electrons. The summed E-state index contributed by atoms with van der Waals surface area (Å²) in [4.78, 5) is 12.9. The maximum atomic E-state index is 12.9. The molecule has 0 spiro atoms. The van der Waals surface area contributed by atoms with Gasteiger partial charge in [-0.1, -0.05) is 18.2 Å². The van der Waals surface area contributed by atoms with Crippen LogP contribution in [-0.2, 0) is 21.3 Å². The molecule has 0 saturated carbocycles. The van der Waals surface area contributed by atoms with Gasteiger partial charge in [0.25, 0.3) is 5.91 Å². The zero-order valence-electron chi connectivity index (χ0n) is 16.9. The highest BCUT2D eigenvalue weighted by Crippen LogP contribution is 2.30. The van der Waals surface area contributed by atoms with Crippen LogP contribution in [0.25, 0.3) is 0 Å². The number of rotatable bonds is 8. The van der Waals surface area contributed by atoms with Gasteiger partial charge in [0, 0.05) is 50.7 Å². The predicted molar refractivity (Wildman–Crippen MR) is 109 cm³/mol. The summed E-state index contributed by atoms with van der Waals surface area (Å²) in [5.41, 5.74) is 0.0917. The van der Waals surface area contributed by atoms with E-state index >= 15 is 0 Å². The van der Waals surface area contributed by atoms with Crippen LogP contribution < -0.4 is 5.32 Å². The van der Waals surface area contributed by atoms with E-state index in [4.69, 9.17) is 4.74 Å². The summed E-state index contributed by atoms with van der Waals surface area (Å²) in [5.74, 6) is -0.151. The van der Waals surface area contributed by atoms with E-state index in [1.165, 1.54) is 10.5 Å². The number of methoxy groups -OCH3 is 1. The average Bonchev–Trinajstić information content (AvgIpc) is 3.24. The van der Waals surface area contributed by atoms with E-state index in [0.717, 1.165) is 0 Å². The third kappa shape index (κ3) is 4.85. The van der Waals surface area contributed by atoms with Gasteiger partial charge in [0.2, 0.25) is 10.0 Å². The van der Waals surface area contributed by atoms with Crippen molar-refractivity contribution in [1.82, 2.24) is 19.4 Å². The normalized spacial score (nSPS) is 17.2. The Bertz CT molecular complexity index is 919. The number of aromatic nitrogens is 2. The Balaban J connectivity index is 1.73. The van der Waals surface area contributed by atoms with Crippen LogP contribution >= 0.6 is 0 Å². The van der Waals surface area contributed by atoms with Crippen LogP contribution in [0.1, 0.15) is 36.5 Å². The van der Waals surface area contributed by atoms with Crippen molar-refractivity contribution in [1.29, 1.82) is 0 Å². The van der Waals surface area contributed by atoms with Gasteiger partial charge in [0.1, 0.15) is 4.90 Å². The number of hydrogen-bond acceptors (Lipinski definition) is 5. The smallest absolute Gasteiger partial charge is 0.251 e. The second kappa shape index (κ2) is 9.06. The second-order valence-corrected chi connectivity index (χ2v) is 9.22. The van der Waals surface area contributed by atoms with E-state index in [1.54, 1.807) is 30.1 Å². The lowest BCUT2D eigenvalue weighted by Crippen LogP contribution is -2.56. The van der Waals surface area contributed by atoms with Crippen LogP contribution in [0.15, 0.2) is 47.6 Å². The molecule has 29 heavy (non-hydrogen) atoms. The number of hydrogen-bond donors (Lipinski definition) is 1. The molecule has 2 heterocycles. The first-order valence-corrected chi connectivity index (χ1v) is 11.2. The van der Waals surface area contributed by atoms with E-state index in [9.17, 15) is 13.2 Å². The first kappa shape index (κ1) is 21.5. The Morgan fingerprint density at radius 3 is 2.52 bits per heavy atom. The highest BCUT2D eigenvalue weighted by Gasteiger charge is 2.39. The van der Waals surface area contributed by atoms with E-state index < -0.39 is 15.6 Å². The summed E-state index contributed by atoms with van der Waals surface area (Å²) in [5, 5.41) is 7.23. The molecular weight excluding hydrogens is 392 g/mol. The molecule has 9 heteroatoms. The first-order valence-electron chi connectivity index (χ1n) is 9.79. The summed E-state index contributed by atoms with van der Waals surface area (Å²) in [6, 6.07) is 9.04. The Kier molecular flexibility index (Phi) is 6.71. The number of ether oxygens (including phenoxy) is 1. The fourth-order valence-corrected chi connectivity index (χ4v) is 4.99. The van der Waals surface area contributed by atoms with Gasteiger partial charge >= 0.3 is 0 Å². The van der Waals surface area contributed by atoms with Crippen LogP contribution in [0, 0.1) is 0 Å². The number of sulfonamides is 1. The third-order valence-corrected chi connectivity index (χ3v) is 7.30. The lowest BCUT2D eigenvalue weighted by Gasteiger charge is -2.41. The van der Waals surface area contributed by atoms with E-state index in [1.807, 2.05) is 25.1 Å². The fraction of sp³-hybridized carbons (Fsp3) is 0.500. The van der Waals surface area contributed by atoms with Crippen LogP contribution in [0.5, 0.6) is 0 Å². The zero-order valence-corrected chi connectivity index (χ0v) is 17.7. The monoisotopic (exact) mass is 420 g/mol. The molecule has 8 nitrogen and oxygen atoms in total. The minimum absolute atomic E-state index is 0.151. The fourth-order valence-electron chi connectivity index (χ4n) is 3.59. The van der Waals surface area contributed by atoms with E-state index in [2.05, 4.69) is 10.4 Å². The molecule has 1 aliphatic heterocycles. The molecule has 0 unspecified atom stereocenters. The van der Waals surface area contributed by atoms with Gasteiger partial charge in [0.05, 0.1) is 6.20 Å². The molecule has 2 aromatic rings. The quantitative estimate of drug-likeness (QED) is 0.704. The second-order valence-electron chi connectivity index (χ2n) is 7.28. The molecule has 0 atom stereocenters. The van der Waals surface area contributed by atoms with Crippen molar-refractivity contribution in [2.24, 2.45) is 0 Å². The molecular formula is C20H28N4O4S. The number of nitrogens with one attached hydrogen (secondary N) is 1. The Labute approximate surface area is 171 Å². The largest absolute Gasteiger partial charge is 0.385 e. The summed E-state index contributed by atoms with van der Waals surface area (Å²) in [6.45, 7) is 3.67. The predicted octanol–water partition coefficient (Wildman–Crippen LogP) is 1.89. The molecule has 0 aliphatic carbocycles. The number of aryl methyl sites for hydroxylation is 1. The van der Waals surface area contributed by atoms with Gasteiger partial charge in [-0.3, -0.25) is 9.48 Å². The minimum Gasteiger partial charge on any atom is -0.385 e. The molecule has 1 aromatic carbocycles. The molecule has 0 bridgehead atoms. The van der Waals surface area contributed by atoms with Crippen molar-refractivity contribution in [2.75, 3.05) is 26.8 Å². The highest BCUT2D eigenvalue weighted by molar-refractivity contribution is 7.89.